The average molecular weight is 309 g/mol. The summed E-state index contributed by atoms with van der Waals surface area (Å²) in [5, 5.41) is 7.76. The van der Waals surface area contributed by atoms with Crippen LogP contribution in [0, 0.1) is 11.6 Å². The predicted octanol–water partition coefficient (Wildman–Crippen LogP) is 4.23. The number of benzene rings is 2. The Kier molecular flexibility index (Phi) is 3.08. The van der Waals surface area contributed by atoms with Gasteiger partial charge >= 0.3 is 0 Å². The second-order valence-electron chi connectivity index (χ2n) is 5.00. The van der Waals surface area contributed by atoms with E-state index in [0.29, 0.717) is 33.4 Å². The minimum Gasteiger partial charge on any atom is -0.253 e. The first-order valence-corrected chi connectivity index (χ1v) is 6.85. The smallest absolute Gasteiger partial charge is 0.162 e. The molecule has 23 heavy (non-hydrogen) atoms. The number of rotatable bonds is 2. The van der Waals surface area contributed by atoms with Crippen LogP contribution in [0.1, 0.15) is 0 Å². The van der Waals surface area contributed by atoms with Crippen molar-refractivity contribution >= 4 is 11.0 Å². The molecule has 0 bridgehead atoms. The number of aromatic nitrogens is 3. The maximum absolute atomic E-state index is 13.4. The lowest BCUT2D eigenvalue weighted by Gasteiger charge is -2.05. The molecule has 2 heterocycles. The number of hydrogen-bond donors (Lipinski definition) is 0. The maximum atomic E-state index is 13.4. The molecule has 0 saturated heterocycles. The summed E-state index contributed by atoms with van der Waals surface area (Å²) >= 11 is 0. The number of hydrogen-bond acceptors (Lipinski definition) is 4. The van der Waals surface area contributed by atoms with Gasteiger partial charge in [-0.2, -0.15) is 0 Å². The van der Waals surface area contributed by atoms with Gasteiger partial charge in [-0.15, -0.1) is 0 Å². The molecule has 0 saturated carbocycles. The van der Waals surface area contributed by atoms with E-state index in [2.05, 4.69) is 15.3 Å². The molecule has 0 aliphatic carbocycles. The molecule has 0 spiro atoms. The Morgan fingerprint density at radius 1 is 0.783 bits per heavy atom. The van der Waals surface area contributed by atoms with E-state index in [4.69, 9.17) is 4.63 Å². The monoisotopic (exact) mass is 309 g/mol. The standard InChI is InChI=1S/C17H9F2N3O/c18-12-5-1-3-10(7-12)14-9-20-15(17-16(14)21-23-22-17)11-4-2-6-13(19)8-11/h1-9H. The molecule has 0 amide bonds. The molecule has 4 nitrogen and oxygen atoms in total. The summed E-state index contributed by atoms with van der Waals surface area (Å²) in [5.41, 5.74) is 3.09. The van der Waals surface area contributed by atoms with Crippen LogP contribution in [0.4, 0.5) is 8.78 Å². The predicted molar refractivity (Wildman–Crippen MR) is 80.4 cm³/mol. The van der Waals surface area contributed by atoms with E-state index in [-0.39, 0.29) is 11.6 Å². The summed E-state index contributed by atoms with van der Waals surface area (Å²) in [7, 11) is 0. The highest BCUT2D eigenvalue weighted by molar-refractivity contribution is 5.97. The fraction of sp³-hybridized carbons (Fsp3) is 0. The largest absolute Gasteiger partial charge is 0.253 e. The third-order valence-electron chi connectivity index (χ3n) is 3.52. The van der Waals surface area contributed by atoms with Crippen LogP contribution >= 0.6 is 0 Å². The number of nitrogens with zero attached hydrogens (tertiary/aromatic N) is 3. The van der Waals surface area contributed by atoms with Gasteiger partial charge in [0.2, 0.25) is 0 Å². The van der Waals surface area contributed by atoms with E-state index in [0.717, 1.165) is 0 Å². The van der Waals surface area contributed by atoms with Crippen molar-refractivity contribution < 1.29 is 13.4 Å². The lowest BCUT2D eigenvalue weighted by atomic mass is 10.0. The zero-order valence-electron chi connectivity index (χ0n) is 11.7. The van der Waals surface area contributed by atoms with Gasteiger partial charge in [0, 0.05) is 17.3 Å². The first-order chi connectivity index (χ1) is 11.2. The summed E-state index contributed by atoms with van der Waals surface area (Å²) in [4.78, 5) is 4.34. The van der Waals surface area contributed by atoms with Crippen LogP contribution in [0.2, 0.25) is 0 Å². The van der Waals surface area contributed by atoms with Crippen LogP contribution in [0.3, 0.4) is 0 Å². The van der Waals surface area contributed by atoms with E-state index >= 15 is 0 Å². The van der Waals surface area contributed by atoms with Crippen LogP contribution in [0.25, 0.3) is 33.4 Å². The first kappa shape index (κ1) is 13.5. The summed E-state index contributed by atoms with van der Waals surface area (Å²) in [6, 6.07) is 12.1. The van der Waals surface area contributed by atoms with Gasteiger partial charge in [0.15, 0.2) is 5.52 Å². The van der Waals surface area contributed by atoms with Crippen molar-refractivity contribution in [3.63, 3.8) is 0 Å². The normalized spacial score (nSPS) is 11.0. The Labute approximate surface area is 129 Å². The second-order valence-corrected chi connectivity index (χ2v) is 5.00. The maximum Gasteiger partial charge on any atom is 0.162 e. The Hall–Kier alpha value is -3.15. The molecular weight excluding hydrogens is 300 g/mol. The molecule has 2 aromatic heterocycles. The van der Waals surface area contributed by atoms with Crippen LogP contribution in [-0.4, -0.2) is 15.3 Å². The van der Waals surface area contributed by atoms with E-state index < -0.39 is 0 Å². The number of halogens is 2. The summed E-state index contributed by atoms with van der Waals surface area (Å²) in [6.07, 6.45) is 1.56. The minimum atomic E-state index is -0.372. The molecule has 0 aliphatic heterocycles. The zero-order valence-corrected chi connectivity index (χ0v) is 11.7. The summed E-state index contributed by atoms with van der Waals surface area (Å²) < 4.78 is 31.7. The lowest BCUT2D eigenvalue weighted by molar-refractivity contribution is 0.315. The minimum absolute atomic E-state index is 0.360. The van der Waals surface area contributed by atoms with Crippen LogP contribution < -0.4 is 0 Å². The Balaban J connectivity index is 1.95. The fourth-order valence-electron chi connectivity index (χ4n) is 2.49. The second kappa shape index (κ2) is 5.24. The van der Waals surface area contributed by atoms with Gasteiger partial charge in [-0.3, -0.25) is 4.98 Å². The Bertz CT molecular complexity index is 934. The van der Waals surface area contributed by atoms with Crippen LogP contribution in [-0.2, 0) is 0 Å². The average Bonchev–Trinajstić information content (AvgIpc) is 3.03. The molecule has 112 valence electrons. The van der Waals surface area contributed by atoms with Crippen molar-refractivity contribution in [3.05, 3.63) is 66.4 Å². The highest BCUT2D eigenvalue weighted by atomic mass is 19.1. The summed E-state index contributed by atoms with van der Waals surface area (Å²) in [5.74, 6) is -0.732. The van der Waals surface area contributed by atoms with Gasteiger partial charge in [0.25, 0.3) is 0 Å². The van der Waals surface area contributed by atoms with Crippen LogP contribution in [0.5, 0.6) is 0 Å². The van der Waals surface area contributed by atoms with Crippen molar-refractivity contribution in [2.75, 3.05) is 0 Å². The van der Waals surface area contributed by atoms with Crippen molar-refractivity contribution in [2.45, 2.75) is 0 Å². The van der Waals surface area contributed by atoms with Gasteiger partial charge < -0.3 is 0 Å². The van der Waals surface area contributed by atoms with Crippen LogP contribution in [0.15, 0.2) is 59.4 Å². The molecule has 4 aromatic rings. The number of fused-ring (bicyclic) bond motifs is 1. The van der Waals surface area contributed by atoms with Gasteiger partial charge in [0.05, 0.1) is 0 Å². The topological polar surface area (TPSA) is 51.8 Å². The quantitative estimate of drug-likeness (QED) is 0.556. The van der Waals surface area contributed by atoms with Crippen molar-refractivity contribution in [1.82, 2.24) is 15.3 Å². The highest BCUT2D eigenvalue weighted by Crippen LogP contribution is 2.32. The van der Waals surface area contributed by atoms with E-state index in [1.807, 2.05) is 0 Å². The van der Waals surface area contributed by atoms with E-state index in [1.54, 1.807) is 30.5 Å². The van der Waals surface area contributed by atoms with E-state index in [1.165, 1.54) is 24.3 Å². The molecule has 6 heteroatoms. The molecular formula is C17H9F2N3O. The van der Waals surface area contributed by atoms with Crippen molar-refractivity contribution in [1.29, 1.82) is 0 Å². The molecule has 2 aromatic carbocycles. The third-order valence-corrected chi connectivity index (χ3v) is 3.52. The fourth-order valence-corrected chi connectivity index (χ4v) is 2.49. The molecule has 0 atom stereocenters. The van der Waals surface area contributed by atoms with E-state index in [9.17, 15) is 8.78 Å². The van der Waals surface area contributed by atoms with Gasteiger partial charge in [-0.25, -0.2) is 13.4 Å². The zero-order chi connectivity index (χ0) is 15.8. The molecule has 0 unspecified atom stereocenters. The van der Waals surface area contributed by atoms with Gasteiger partial charge in [-0.1, -0.05) is 24.3 Å². The SMILES string of the molecule is Fc1cccc(-c2cnc(-c3cccc(F)c3)c3nonc23)c1. The molecule has 4 rings (SSSR count). The molecule has 0 aliphatic rings. The van der Waals surface area contributed by atoms with Crippen molar-refractivity contribution in [3.8, 4) is 22.4 Å². The first-order valence-electron chi connectivity index (χ1n) is 6.85. The Morgan fingerprint density at radius 2 is 1.43 bits per heavy atom. The van der Waals surface area contributed by atoms with Gasteiger partial charge in [-0.05, 0) is 40.1 Å². The lowest BCUT2D eigenvalue weighted by Crippen LogP contribution is -1.90. The van der Waals surface area contributed by atoms with Gasteiger partial charge in [0.1, 0.15) is 22.8 Å². The van der Waals surface area contributed by atoms with Crippen molar-refractivity contribution in [2.24, 2.45) is 0 Å². The molecule has 0 fully saturated rings. The third kappa shape index (κ3) is 2.34. The Morgan fingerprint density at radius 3 is 2.17 bits per heavy atom. The summed E-state index contributed by atoms with van der Waals surface area (Å²) in [6.45, 7) is 0. The number of pyridine rings is 1. The molecule has 0 radical (unpaired) electrons. The molecule has 0 N–H and O–H groups in total. The highest BCUT2D eigenvalue weighted by Gasteiger charge is 2.16.